The number of benzene rings is 1. The van der Waals surface area contributed by atoms with E-state index >= 15 is 0 Å². The third-order valence-electron chi connectivity index (χ3n) is 5.72. The first-order valence-corrected chi connectivity index (χ1v) is 11.9. The largest absolute Gasteiger partial charge is 0.416 e. The summed E-state index contributed by atoms with van der Waals surface area (Å²) in [5, 5.41) is 2.62. The quantitative estimate of drug-likeness (QED) is 0.700. The SMILES string of the molecule is C[C@@H]1CN(S(=O)(=O)N2CCN([C@H](C)C(=O)Nc3ccc(C(F)(F)F)cc3)CC2)C[C@@H](C)O1. The summed E-state index contributed by atoms with van der Waals surface area (Å²) in [7, 11) is -3.62. The van der Waals surface area contributed by atoms with E-state index in [9.17, 15) is 26.4 Å². The van der Waals surface area contributed by atoms with Gasteiger partial charge in [-0.25, -0.2) is 0 Å². The van der Waals surface area contributed by atoms with Crippen LogP contribution in [0.4, 0.5) is 18.9 Å². The highest BCUT2D eigenvalue weighted by atomic mass is 32.2. The highest BCUT2D eigenvalue weighted by Gasteiger charge is 2.38. The minimum absolute atomic E-state index is 0.177. The van der Waals surface area contributed by atoms with E-state index in [1.807, 2.05) is 18.7 Å². The Bertz CT molecular complexity index is 892. The number of carbonyl (C=O) groups excluding carboxylic acids is 1. The lowest BCUT2D eigenvalue weighted by Gasteiger charge is -2.41. The molecular weight excluding hydrogens is 449 g/mol. The summed E-state index contributed by atoms with van der Waals surface area (Å²) >= 11 is 0. The molecule has 0 radical (unpaired) electrons. The van der Waals surface area contributed by atoms with E-state index in [2.05, 4.69) is 5.32 Å². The third-order valence-corrected chi connectivity index (χ3v) is 7.69. The van der Waals surface area contributed by atoms with Crippen LogP contribution in [0, 0.1) is 0 Å². The van der Waals surface area contributed by atoms with Gasteiger partial charge in [-0.15, -0.1) is 0 Å². The molecule has 0 saturated carbocycles. The number of hydrogen-bond acceptors (Lipinski definition) is 5. The molecule has 3 rings (SSSR count). The molecule has 3 atom stereocenters. The molecule has 2 heterocycles. The van der Waals surface area contributed by atoms with E-state index in [0.717, 1.165) is 12.1 Å². The number of alkyl halides is 3. The average Bonchev–Trinajstić information content (AvgIpc) is 2.72. The van der Waals surface area contributed by atoms with Gasteiger partial charge >= 0.3 is 6.18 Å². The number of ether oxygens (including phenoxy) is 1. The predicted octanol–water partition coefficient (Wildman–Crippen LogP) is 2.00. The van der Waals surface area contributed by atoms with E-state index in [4.69, 9.17) is 4.74 Å². The van der Waals surface area contributed by atoms with Crippen molar-refractivity contribution in [2.24, 2.45) is 0 Å². The molecule has 0 aliphatic carbocycles. The summed E-state index contributed by atoms with van der Waals surface area (Å²) in [6.07, 6.45) is -4.79. The second-order valence-corrected chi connectivity index (χ2v) is 10.2. The van der Waals surface area contributed by atoms with Crippen LogP contribution in [0.25, 0.3) is 0 Å². The van der Waals surface area contributed by atoms with Crippen molar-refractivity contribution in [1.29, 1.82) is 0 Å². The normalized spacial score (nSPS) is 25.4. The van der Waals surface area contributed by atoms with Crippen LogP contribution >= 0.6 is 0 Å². The van der Waals surface area contributed by atoms with Gasteiger partial charge in [0.15, 0.2) is 0 Å². The predicted molar refractivity (Wildman–Crippen MR) is 113 cm³/mol. The van der Waals surface area contributed by atoms with Gasteiger partial charge in [0.1, 0.15) is 0 Å². The van der Waals surface area contributed by atoms with Crippen LogP contribution in [0.3, 0.4) is 0 Å². The van der Waals surface area contributed by atoms with Crippen molar-refractivity contribution >= 4 is 21.8 Å². The lowest BCUT2D eigenvalue weighted by atomic mass is 10.2. The molecule has 32 heavy (non-hydrogen) atoms. The van der Waals surface area contributed by atoms with Crippen LogP contribution in [0.5, 0.6) is 0 Å². The number of nitrogens with one attached hydrogen (secondary N) is 1. The molecule has 1 amide bonds. The van der Waals surface area contributed by atoms with Crippen LogP contribution in [0.1, 0.15) is 26.3 Å². The summed E-state index contributed by atoms with van der Waals surface area (Å²) in [5.74, 6) is -0.364. The van der Waals surface area contributed by atoms with Crippen LogP contribution in [-0.4, -0.2) is 85.4 Å². The Morgan fingerprint density at radius 1 is 1.03 bits per heavy atom. The van der Waals surface area contributed by atoms with E-state index in [0.29, 0.717) is 26.2 Å². The summed E-state index contributed by atoms with van der Waals surface area (Å²) in [6, 6.07) is 3.68. The highest BCUT2D eigenvalue weighted by Crippen LogP contribution is 2.30. The first kappa shape index (κ1) is 24.9. The maximum atomic E-state index is 13.0. The van der Waals surface area contributed by atoms with Crippen molar-refractivity contribution in [1.82, 2.24) is 13.5 Å². The Hall–Kier alpha value is -1.73. The molecule has 180 valence electrons. The summed E-state index contributed by atoms with van der Waals surface area (Å²) < 4.78 is 72.5. The first-order valence-electron chi connectivity index (χ1n) is 10.5. The van der Waals surface area contributed by atoms with E-state index in [-0.39, 0.29) is 36.9 Å². The fourth-order valence-corrected chi connectivity index (χ4v) is 5.71. The number of piperazine rings is 1. The molecular formula is C20H29F3N4O4S. The van der Waals surface area contributed by atoms with Crippen molar-refractivity contribution in [3.05, 3.63) is 29.8 Å². The van der Waals surface area contributed by atoms with Crippen LogP contribution in [-0.2, 0) is 25.9 Å². The fourth-order valence-electron chi connectivity index (χ4n) is 3.96. The molecule has 8 nitrogen and oxygen atoms in total. The maximum Gasteiger partial charge on any atom is 0.416 e. The molecule has 1 aromatic carbocycles. The molecule has 1 aromatic rings. The zero-order valence-corrected chi connectivity index (χ0v) is 19.1. The van der Waals surface area contributed by atoms with E-state index in [1.54, 1.807) is 6.92 Å². The maximum absolute atomic E-state index is 13.0. The van der Waals surface area contributed by atoms with Gasteiger partial charge in [0.2, 0.25) is 5.91 Å². The van der Waals surface area contributed by atoms with Crippen molar-refractivity contribution < 1.29 is 31.1 Å². The molecule has 0 bridgehead atoms. The van der Waals surface area contributed by atoms with Gasteiger partial charge in [-0.1, -0.05) is 0 Å². The number of halogens is 3. The number of anilines is 1. The van der Waals surface area contributed by atoms with Gasteiger partial charge < -0.3 is 10.1 Å². The molecule has 2 saturated heterocycles. The minimum atomic E-state index is -4.44. The fraction of sp³-hybridized carbons (Fsp3) is 0.650. The first-order chi connectivity index (χ1) is 14.9. The number of morpholine rings is 1. The smallest absolute Gasteiger partial charge is 0.373 e. The van der Waals surface area contributed by atoms with E-state index < -0.39 is 28.0 Å². The Balaban J connectivity index is 1.54. The number of rotatable bonds is 5. The number of amides is 1. The van der Waals surface area contributed by atoms with E-state index in [1.165, 1.54) is 20.7 Å². The lowest BCUT2D eigenvalue weighted by molar-refractivity contribution is -0.137. The molecule has 2 aliphatic heterocycles. The minimum Gasteiger partial charge on any atom is -0.373 e. The molecule has 2 aliphatic rings. The van der Waals surface area contributed by atoms with Gasteiger partial charge in [0.05, 0.1) is 23.8 Å². The zero-order valence-electron chi connectivity index (χ0n) is 18.3. The Labute approximate surface area is 186 Å². The van der Waals surface area contributed by atoms with Gasteiger partial charge in [-0.05, 0) is 45.0 Å². The third kappa shape index (κ3) is 5.79. The monoisotopic (exact) mass is 478 g/mol. The lowest BCUT2D eigenvalue weighted by Crippen LogP contribution is -2.58. The van der Waals surface area contributed by atoms with Gasteiger partial charge in [-0.3, -0.25) is 9.69 Å². The van der Waals surface area contributed by atoms with Crippen LogP contribution in [0.2, 0.25) is 0 Å². The Morgan fingerprint density at radius 3 is 2.06 bits per heavy atom. The molecule has 0 unspecified atom stereocenters. The topological polar surface area (TPSA) is 82.2 Å². The number of nitrogens with zero attached hydrogens (tertiary/aromatic N) is 3. The van der Waals surface area contributed by atoms with Gasteiger partial charge in [-0.2, -0.15) is 30.2 Å². The summed E-state index contributed by atoms with van der Waals surface area (Å²) in [5.41, 5.74) is -0.517. The molecule has 1 N–H and O–H groups in total. The Kier molecular flexibility index (Phi) is 7.50. The molecule has 0 aromatic heterocycles. The van der Waals surface area contributed by atoms with Crippen molar-refractivity contribution in [3.63, 3.8) is 0 Å². The molecule has 2 fully saturated rings. The van der Waals surface area contributed by atoms with Crippen molar-refractivity contribution in [2.75, 3.05) is 44.6 Å². The number of hydrogen-bond donors (Lipinski definition) is 1. The summed E-state index contributed by atoms with van der Waals surface area (Å²) in [6.45, 7) is 7.22. The standard InChI is InChI=1S/C20H29F3N4O4S/c1-14-12-27(13-15(2)31-14)32(29,30)26-10-8-25(9-11-26)16(3)19(28)24-18-6-4-17(5-7-18)20(21,22)23/h4-7,14-16H,8-13H2,1-3H3,(H,24,28)/t14-,15-,16-/m1/s1. The number of carbonyl (C=O) groups is 1. The van der Waals surface area contributed by atoms with Crippen LogP contribution < -0.4 is 5.32 Å². The second kappa shape index (κ2) is 9.64. The van der Waals surface area contributed by atoms with Crippen molar-refractivity contribution in [3.8, 4) is 0 Å². The molecule has 0 spiro atoms. The Morgan fingerprint density at radius 2 is 1.56 bits per heavy atom. The highest BCUT2D eigenvalue weighted by molar-refractivity contribution is 7.86. The second-order valence-electron chi connectivity index (χ2n) is 8.26. The zero-order chi connectivity index (χ0) is 23.7. The molecule has 12 heteroatoms. The average molecular weight is 479 g/mol. The van der Waals surface area contributed by atoms with Gasteiger partial charge in [0, 0.05) is 45.0 Å². The van der Waals surface area contributed by atoms with Crippen molar-refractivity contribution in [2.45, 2.75) is 45.2 Å². The van der Waals surface area contributed by atoms with Gasteiger partial charge in [0.25, 0.3) is 10.2 Å². The summed E-state index contributed by atoms with van der Waals surface area (Å²) in [4.78, 5) is 14.4. The van der Waals surface area contributed by atoms with Crippen LogP contribution in [0.15, 0.2) is 24.3 Å².